The lowest BCUT2D eigenvalue weighted by atomic mass is 9.96. The molecule has 1 amide bonds. The highest BCUT2D eigenvalue weighted by atomic mass is 16.4. The van der Waals surface area contributed by atoms with E-state index in [1.165, 1.54) is 0 Å². The molecule has 1 aliphatic heterocycles. The van der Waals surface area contributed by atoms with Gasteiger partial charge in [-0.2, -0.15) is 0 Å². The molecule has 0 aromatic rings. The molecule has 0 saturated carbocycles. The summed E-state index contributed by atoms with van der Waals surface area (Å²) in [4.78, 5) is 22.4. The van der Waals surface area contributed by atoms with Crippen LogP contribution < -0.4 is 10.6 Å². The van der Waals surface area contributed by atoms with Gasteiger partial charge >= 0.3 is 5.97 Å². The molecule has 2 unspecified atom stereocenters. The summed E-state index contributed by atoms with van der Waals surface area (Å²) in [6, 6.07) is -0.968. The Kier molecular flexibility index (Phi) is 5.50. The van der Waals surface area contributed by atoms with E-state index in [0.29, 0.717) is 12.3 Å². The summed E-state index contributed by atoms with van der Waals surface area (Å²) < 4.78 is 0. The van der Waals surface area contributed by atoms with Crippen molar-refractivity contribution in [3.05, 3.63) is 0 Å². The van der Waals surface area contributed by atoms with Crippen molar-refractivity contribution in [1.82, 2.24) is 10.6 Å². The SMILES string of the molecule is C#CCC(NC(=O)CC1CCCNC1)C(=O)O. The van der Waals surface area contributed by atoms with E-state index < -0.39 is 12.0 Å². The number of aliphatic carboxylic acids is 1. The third kappa shape index (κ3) is 4.87. The van der Waals surface area contributed by atoms with Crippen LogP contribution in [0.3, 0.4) is 0 Å². The highest BCUT2D eigenvalue weighted by Gasteiger charge is 2.21. The Balaban J connectivity index is 2.36. The first-order valence-corrected chi connectivity index (χ1v) is 5.80. The number of hydrogen-bond acceptors (Lipinski definition) is 3. The fourth-order valence-corrected chi connectivity index (χ4v) is 1.93. The van der Waals surface area contributed by atoms with Gasteiger partial charge < -0.3 is 15.7 Å². The van der Waals surface area contributed by atoms with Crippen molar-refractivity contribution in [2.75, 3.05) is 13.1 Å². The minimum Gasteiger partial charge on any atom is -0.480 e. The fourth-order valence-electron chi connectivity index (χ4n) is 1.93. The standard InChI is InChI=1S/C12H18N2O3/c1-2-4-10(12(16)17)14-11(15)7-9-5-3-6-13-8-9/h1,9-10,13H,3-8H2,(H,14,15)(H,16,17). The van der Waals surface area contributed by atoms with Crippen LogP contribution in [0.2, 0.25) is 0 Å². The smallest absolute Gasteiger partial charge is 0.327 e. The summed E-state index contributed by atoms with van der Waals surface area (Å²) in [6.45, 7) is 1.81. The third-order valence-electron chi connectivity index (χ3n) is 2.83. The Morgan fingerprint density at radius 3 is 2.88 bits per heavy atom. The number of hydrogen-bond donors (Lipinski definition) is 3. The molecule has 0 aromatic carbocycles. The van der Waals surface area contributed by atoms with E-state index >= 15 is 0 Å². The average molecular weight is 238 g/mol. The maximum absolute atomic E-state index is 11.6. The second kappa shape index (κ2) is 6.92. The molecule has 0 bridgehead atoms. The second-order valence-corrected chi connectivity index (χ2v) is 4.28. The van der Waals surface area contributed by atoms with Crippen LogP contribution in [0.25, 0.3) is 0 Å². The van der Waals surface area contributed by atoms with Crippen molar-refractivity contribution >= 4 is 11.9 Å². The molecule has 0 aliphatic carbocycles. The van der Waals surface area contributed by atoms with Crippen molar-refractivity contribution in [1.29, 1.82) is 0 Å². The van der Waals surface area contributed by atoms with E-state index in [0.717, 1.165) is 25.9 Å². The molecule has 1 fully saturated rings. The van der Waals surface area contributed by atoms with E-state index in [-0.39, 0.29) is 12.3 Å². The lowest BCUT2D eigenvalue weighted by molar-refractivity contribution is -0.141. The molecule has 0 spiro atoms. The van der Waals surface area contributed by atoms with E-state index in [1.54, 1.807) is 0 Å². The van der Waals surface area contributed by atoms with Crippen LogP contribution in [0.1, 0.15) is 25.7 Å². The maximum Gasteiger partial charge on any atom is 0.327 e. The highest BCUT2D eigenvalue weighted by molar-refractivity contribution is 5.83. The van der Waals surface area contributed by atoms with Crippen LogP contribution in [0.5, 0.6) is 0 Å². The number of piperidine rings is 1. The zero-order chi connectivity index (χ0) is 12.7. The van der Waals surface area contributed by atoms with Gasteiger partial charge in [0, 0.05) is 12.8 Å². The van der Waals surface area contributed by atoms with Gasteiger partial charge in [0.25, 0.3) is 0 Å². The normalized spacial score (nSPS) is 21.2. The van der Waals surface area contributed by atoms with Crippen molar-refractivity contribution in [2.45, 2.75) is 31.7 Å². The molecular formula is C12H18N2O3. The molecule has 0 radical (unpaired) electrons. The molecule has 17 heavy (non-hydrogen) atoms. The van der Waals surface area contributed by atoms with E-state index in [1.807, 2.05) is 0 Å². The monoisotopic (exact) mass is 238 g/mol. The van der Waals surface area contributed by atoms with E-state index in [9.17, 15) is 9.59 Å². The van der Waals surface area contributed by atoms with Gasteiger partial charge in [-0.1, -0.05) is 0 Å². The van der Waals surface area contributed by atoms with Gasteiger partial charge in [0.1, 0.15) is 6.04 Å². The predicted molar refractivity (Wildman–Crippen MR) is 63.2 cm³/mol. The molecule has 0 aromatic heterocycles. The zero-order valence-electron chi connectivity index (χ0n) is 9.74. The summed E-state index contributed by atoms with van der Waals surface area (Å²) >= 11 is 0. The van der Waals surface area contributed by atoms with Gasteiger partial charge in [-0.3, -0.25) is 4.79 Å². The minimum atomic E-state index is -1.09. The number of amides is 1. The first-order chi connectivity index (χ1) is 8.13. The molecule has 3 N–H and O–H groups in total. The van der Waals surface area contributed by atoms with Gasteiger partial charge in [-0.15, -0.1) is 12.3 Å². The Morgan fingerprint density at radius 2 is 2.35 bits per heavy atom. The number of terminal acetylenes is 1. The first-order valence-electron chi connectivity index (χ1n) is 5.80. The van der Waals surface area contributed by atoms with Crippen LogP contribution in [0.4, 0.5) is 0 Å². The van der Waals surface area contributed by atoms with Crippen molar-refractivity contribution < 1.29 is 14.7 Å². The van der Waals surface area contributed by atoms with Crippen molar-refractivity contribution in [3.8, 4) is 12.3 Å². The largest absolute Gasteiger partial charge is 0.480 e. The van der Waals surface area contributed by atoms with E-state index in [2.05, 4.69) is 16.6 Å². The Bertz CT molecular complexity index is 316. The highest BCUT2D eigenvalue weighted by Crippen LogP contribution is 2.13. The number of carboxylic acids is 1. The molecule has 1 aliphatic rings. The lowest BCUT2D eigenvalue weighted by Gasteiger charge is -2.22. The second-order valence-electron chi connectivity index (χ2n) is 4.28. The number of nitrogens with one attached hydrogen (secondary N) is 2. The lowest BCUT2D eigenvalue weighted by Crippen LogP contribution is -2.42. The molecule has 5 heteroatoms. The Hall–Kier alpha value is -1.54. The van der Waals surface area contributed by atoms with Crippen LogP contribution in [0, 0.1) is 18.3 Å². The quantitative estimate of drug-likeness (QED) is 0.588. The molecule has 1 saturated heterocycles. The predicted octanol–water partition coefficient (Wildman–Crippen LogP) is -0.0312. The van der Waals surface area contributed by atoms with Gasteiger partial charge in [-0.25, -0.2) is 4.79 Å². The summed E-state index contributed by atoms with van der Waals surface area (Å²) in [5, 5.41) is 14.5. The summed E-state index contributed by atoms with van der Waals surface area (Å²) in [7, 11) is 0. The van der Waals surface area contributed by atoms with Crippen molar-refractivity contribution in [3.63, 3.8) is 0 Å². The van der Waals surface area contributed by atoms with Crippen LogP contribution in [-0.4, -0.2) is 36.1 Å². The summed E-state index contributed by atoms with van der Waals surface area (Å²) in [6.07, 6.45) is 7.50. The van der Waals surface area contributed by atoms with Gasteiger partial charge in [-0.05, 0) is 31.8 Å². The molecular weight excluding hydrogens is 220 g/mol. The fraction of sp³-hybridized carbons (Fsp3) is 0.667. The zero-order valence-corrected chi connectivity index (χ0v) is 9.74. The van der Waals surface area contributed by atoms with Crippen LogP contribution in [-0.2, 0) is 9.59 Å². The molecule has 1 rings (SSSR count). The summed E-state index contributed by atoms with van der Waals surface area (Å²) in [5.41, 5.74) is 0. The number of carboxylic acid groups (broad SMARTS) is 1. The molecule has 5 nitrogen and oxygen atoms in total. The maximum atomic E-state index is 11.6. The first kappa shape index (κ1) is 13.5. The minimum absolute atomic E-state index is 0.0178. The molecule has 2 atom stereocenters. The third-order valence-corrected chi connectivity index (χ3v) is 2.83. The molecule has 94 valence electrons. The van der Waals surface area contributed by atoms with Crippen molar-refractivity contribution in [2.24, 2.45) is 5.92 Å². The van der Waals surface area contributed by atoms with Gasteiger partial charge in [0.05, 0.1) is 0 Å². The average Bonchev–Trinajstić information content (AvgIpc) is 2.29. The Morgan fingerprint density at radius 1 is 1.59 bits per heavy atom. The number of carbonyl (C=O) groups excluding carboxylic acids is 1. The topological polar surface area (TPSA) is 78.4 Å². The van der Waals surface area contributed by atoms with E-state index in [4.69, 9.17) is 11.5 Å². The van der Waals surface area contributed by atoms with Crippen LogP contribution >= 0.6 is 0 Å². The van der Waals surface area contributed by atoms with Gasteiger partial charge in [0.2, 0.25) is 5.91 Å². The Labute approximate surface area is 101 Å². The summed E-state index contributed by atoms with van der Waals surface area (Å²) in [5.74, 6) is 1.23. The van der Waals surface area contributed by atoms with Crippen LogP contribution in [0.15, 0.2) is 0 Å². The number of carbonyl (C=O) groups is 2. The number of rotatable bonds is 5. The van der Waals surface area contributed by atoms with Gasteiger partial charge in [0.15, 0.2) is 0 Å². The molecule has 1 heterocycles.